The Morgan fingerprint density at radius 1 is 1.31 bits per heavy atom. The molecule has 1 aromatic carbocycles. The van der Waals surface area contributed by atoms with Gasteiger partial charge in [-0.05, 0) is 24.3 Å². The van der Waals surface area contributed by atoms with E-state index < -0.39 is 0 Å². The standard InChI is InChI=1S/C18H13FN6O2S2/c19-10-1-3-11(4-2-10)25-15-13(8-21-25)16(27)24-12(9-29-18(24)23-15)7-14(26)22-17-20-5-6-28-17/h1-6,8,12H,7,9H2,(H,20,22,26)/t12-/m0/s1. The van der Waals surface area contributed by atoms with Crippen LogP contribution in [0, 0.1) is 5.82 Å². The van der Waals surface area contributed by atoms with Crippen LogP contribution in [0.4, 0.5) is 9.52 Å². The number of carbonyl (C=O) groups excluding carboxylic acids is 1. The average molecular weight is 428 g/mol. The van der Waals surface area contributed by atoms with E-state index in [2.05, 4.69) is 20.4 Å². The fourth-order valence-corrected chi connectivity index (χ4v) is 4.90. The summed E-state index contributed by atoms with van der Waals surface area (Å²) in [7, 11) is 0. The van der Waals surface area contributed by atoms with Crippen molar-refractivity contribution in [2.24, 2.45) is 0 Å². The van der Waals surface area contributed by atoms with E-state index in [0.717, 1.165) is 0 Å². The Morgan fingerprint density at radius 3 is 2.90 bits per heavy atom. The molecule has 5 rings (SSSR count). The van der Waals surface area contributed by atoms with Crippen LogP contribution in [0.1, 0.15) is 12.5 Å². The van der Waals surface area contributed by atoms with E-state index in [1.165, 1.54) is 46.1 Å². The summed E-state index contributed by atoms with van der Waals surface area (Å²) in [5, 5.41) is 10.2. The molecule has 0 aliphatic carbocycles. The van der Waals surface area contributed by atoms with E-state index in [1.54, 1.807) is 28.3 Å². The van der Waals surface area contributed by atoms with Gasteiger partial charge in [0.2, 0.25) is 5.91 Å². The van der Waals surface area contributed by atoms with Gasteiger partial charge in [0.1, 0.15) is 11.2 Å². The minimum Gasteiger partial charge on any atom is -0.302 e. The minimum absolute atomic E-state index is 0.152. The topological polar surface area (TPSA) is 94.7 Å². The first-order valence-corrected chi connectivity index (χ1v) is 10.5. The molecule has 146 valence electrons. The van der Waals surface area contributed by atoms with Crippen LogP contribution < -0.4 is 10.9 Å². The lowest BCUT2D eigenvalue weighted by molar-refractivity contribution is -0.116. The van der Waals surface area contributed by atoms with E-state index in [9.17, 15) is 14.0 Å². The summed E-state index contributed by atoms with van der Waals surface area (Å²) in [6.07, 6.45) is 3.22. The van der Waals surface area contributed by atoms with Crippen molar-refractivity contribution in [1.29, 1.82) is 0 Å². The van der Waals surface area contributed by atoms with Crippen molar-refractivity contribution in [3.63, 3.8) is 0 Å². The first-order chi connectivity index (χ1) is 14.1. The summed E-state index contributed by atoms with van der Waals surface area (Å²) in [6, 6.07) is 5.51. The highest BCUT2D eigenvalue weighted by molar-refractivity contribution is 7.99. The number of aromatic nitrogens is 5. The number of thiazole rings is 1. The van der Waals surface area contributed by atoms with E-state index in [-0.39, 0.29) is 29.7 Å². The summed E-state index contributed by atoms with van der Waals surface area (Å²) in [5.41, 5.74) is 0.782. The van der Waals surface area contributed by atoms with Gasteiger partial charge in [0, 0.05) is 23.8 Å². The third-order valence-corrected chi connectivity index (χ3v) is 6.33. The van der Waals surface area contributed by atoms with Crippen molar-refractivity contribution in [3.05, 3.63) is 58.2 Å². The van der Waals surface area contributed by atoms with Crippen molar-refractivity contribution in [2.45, 2.75) is 17.6 Å². The number of nitrogens with one attached hydrogen (secondary N) is 1. The van der Waals surface area contributed by atoms with Gasteiger partial charge in [0.05, 0.1) is 17.9 Å². The number of halogens is 1. The summed E-state index contributed by atoms with van der Waals surface area (Å²) in [4.78, 5) is 34.0. The molecule has 1 amide bonds. The fourth-order valence-electron chi connectivity index (χ4n) is 3.22. The molecule has 1 aliphatic heterocycles. The maximum Gasteiger partial charge on any atom is 0.265 e. The molecule has 8 nitrogen and oxygen atoms in total. The maximum absolute atomic E-state index is 13.2. The van der Waals surface area contributed by atoms with Crippen LogP contribution in [0.5, 0.6) is 0 Å². The number of nitrogens with zero attached hydrogens (tertiary/aromatic N) is 5. The second-order valence-corrected chi connectivity index (χ2v) is 8.28. The Kier molecular flexibility index (Phi) is 4.40. The molecule has 0 bridgehead atoms. The van der Waals surface area contributed by atoms with Crippen LogP contribution in [0.15, 0.2) is 52.0 Å². The molecule has 4 aromatic rings. The number of hydrogen-bond donors (Lipinski definition) is 1. The first-order valence-electron chi connectivity index (χ1n) is 8.68. The van der Waals surface area contributed by atoms with Gasteiger partial charge in [-0.1, -0.05) is 11.8 Å². The molecule has 1 aliphatic rings. The lowest BCUT2D eigenvalue weighted by Gasteiger charge is -2.12. The number of amides is 1. The van der Waals surface area contributed by atoms with Crippen molar-refractivity contribution >= 4 is 45.2 Å². The molecular weight excluding hydrogens is 415 g/mol. The van der Waals surface area contributed by atoms with Crippen LogP contribution >= 0.6 is 23.1 Å². The average Bonchev–Trinajstić information content (AvgIpc) is 3.43. The molecule has 1 atom stereocenters. The smallest absolute Gasteiger partial charge is 0.265 e. The van der Waals surface area contributed by atoms with Gasteiger partial charge < -0.3 is 5.32 Å². The fraction of sp³-hybridized carbons (Fsp3) is 0.167. The second-order valence-electron chi connectivity index (χ2n) is 6.39. The van der Waals surface area contributed by atoms with Gasteiger partial charge >= 0.3 is 0 Å². The van der Waals surface area contributed by atoms with E-state index in [4.69, 9.17) is 0 Å². The Balaban J connectivity index is 1.48. The van der Waals surface area contributed by atoms with Gasteiger partial charge in [-0.25, -0.2) is 19.0 Å². The minimum atomic E-state index is -0.353. The number of benzene rings is 1. The van der Waals surface area contributed by atoms with Gasteiger partial charge in [-0.2, -0.15) is 5.10 Å². The SMILES string of the molecule is O=C(C[C@H]1CSc2nc3c(cnn3-c3ccc(F)cc3)c(=O)n21)Nc1nccs1. The third-order valence-electron chi connectivity index (χ3n) is 4.54. The van der Waals surface area contributed by atoms with E-state index >= 15 is 0 Å². The summed E-state index contributed by atoms with van der Waals surface area (Å²) < 4.78 is 16.3. The lowest BCUT2D eigenvalue weighted by atomic mass is 10.2. The van der Waals surface area contributed by atoms with Crippen LogP contribution in [-0.4, -0.2) is 36.0 Å². The van der Waals surface area contributed by atoms with Crippen LogP contribution in [0.25, 0.3) is 16.7 Å². The number of anilines is 1. The van der Waals surface area contributed by atoms with Crippen molar-refractivity contribution in [3.8, 4) is 5.69 Å². The molecule has 3 aromatic heterocycles. The number of fused-ring (bicyclic) bond motifs is 2. The number of rotatable bonds is 4. The number of thioether (sulfide) groups is 1. The summed E-state index contributed by atoms with van der Waals surface area (Å²) >= 11 is 2.76. The largest absolute Gasteiger partial charge is 0.302 e. The van der Waals surface area contributed by atoms with Crippen molar-refractivity contribution in [1.82, 2.24) is 24.3 Å². The molecule has 11 heteroatoms. The second kappa shape index (κ2) is 7.08. The van der Waals surface area contributed by atoms with Crippen molar-refractivity contribution in [2.75, 3.05) is 11.1 Å². The highest BCUT2D eigenvalue weighted by Gasteiger charge is 2.29. The summed E-state index contributed by atoms with van der Waals surface area (Å²) in [6.45, 7) is 0. The molecule has 0 saturated carbocycles. The maximum atomic E-state index is 13.2. The molecule has 0 fully saturated rings. The Labute approximate surface area is 171 Å². The lowest BCUT2D eigenvalue weighted by Crippen LogP contribution is -2.27. The molecule has 0 spiro atoms. The van der Waals surface area contributed by atoms with Crippen LogP contribution in [0.2, 0.25) is 0 Å². The highest BCUT2D eigenvalue weighted by atomic mass is 32.2. The monoisotopic (exact) mass is 428 g/mol. The number of hydrogen-bond acceptors (Lipinski definition) is 7. The van der Waals surface area contributed by atoms with Crippen molar-refractivity contribution < 1.29 is 9.18 Å². The Bertz CT molecular complexity index is 1270. The number of carbonyl (C=O) groups is 1. The van der Waals surface area contributed by atoms with E-state index in [0.29, 0.717) is 32.8 Å². The molecule has 0 saturated heterocycles. The highest BCUT2D eigenvalue weighted by Crippen LogP contribution is 2.33. The third kappa shape index (κ3) is 3.21. The van der Waals surface area contributed by atoms with Crippen LogP contribution in [-0.2, 0) is 4.79 Å². The Hall–Kier alpha value is -3.05. The zero-order valence-corrected chi connectivity index (χ0v) is 16.4. The van der Waals surface area contributed by atoms with E-state index in [1.807, 2.05) is 0 Å². The zero-order valence-electron chi connectivity index (χ0n) is 14.8. The quantitative estimate of drug-likeness (QED) is 0.503. The molecular formula is C18H13FN6O2S2. The van der Waals surface area contributed by atoms with Gasteiger partial charge in [-0.3, -0.25) is 14.2 Å². The molecule has 4 heterocycles. The van der Waals surface area contributed by atoms with Crippen LogP contribution in [0.3, 0.4) is 0 Å². The van der Waals surface area contributed by atoms with Gasteiger partial charge in [-0.15, -0.1) is 11.3 Å². The molecule has 1 N–H and O–H groups in total. The van der Waals surface area contributed by atoms with Gasteiger partial charge in [0.15, 0.2) is 15.9 Å². The predicted molar refractivity (Wildman–Crippen MR) is 108 cm³/mol. The molecule has 0 unspecified atom stereocenters. The summed E-state index contributed by atoms with van der Waals surface area (Å²) in [5.74, 6) is 0.0189. The normalized spacial score (nSPS) is 15.6. The molecule has 29 heavy (non-hydrogen) atoms. The Morgan fingerprint density at radius 2 is 2.14 bits per heavy atom. The first kappa shape index (κ1) is 18.0. The zero-order chi connectivity index (χ0) is 20.0. The predicted octanol–water partition coefficient (Wildman–Crippen LogP) is 2.85. The van der Waals surface area contributed by atoms with Gasteiger partial charge in [0.25, 0.3) is 5.56 Å². The molecule has 0 radical (unpaired) electrons.